The molecule has 8 heteroatoms. The molecule has 3 aromatic rings. The number of halogens is 1. The first-order valence-electron chi connectivity index (χ1n) is 7.76. The molecule has 0 saturated heterocycles. The van der Waals surface area contributed by atoms with Crippen molar-refractivity contribution in [1.29, 1.82) is 0 Å². The van der Waals surface area contributed by atoms with Gasteiger partial charge in [0.05, 0.1) is 19.4 Å². The van der Waals surface area contributed by atoms with Crippen LogP contribution in [-0.2, 0) is 11.3 Å². The van der Waals surface area contributed by atoms with Crippen LogP contribution in [0.1, 0.15) is 5.89 Å². The number of nitrogens with zero attached hydrogens (tertiary/aromatic N) is 2. The predicted molar refractivity (Wildman–Crippen MR) is 100 cm³/mol. The zero-order valence-corrected chi connectivity index (χ0v) is 15.5. The van der Waals surface area contributed by atoms with Gasteiger partial charge >= 0.3 is 0 Å². The highest BCUT2D eigenvalue weighted by Gasteiger charge is 2.11. The summed E-state index contributed by atoms with van der Waals surface area (Å²) in [4.78, 5) is 17.2. The second kappa shape index (κ2) is 8.73. The summed E-state index contributed by atoms with van der Waals surface area (Å²) >= 11 is 7.26. The lowest BCUT2D eigenvalue weighted by atomic mass is 10.2. The number of methoxy groups -OCH3 is 1. The molecule has 1 N–H and O–H groups in total. The van der Waals surface area contributed by atoms with Gasteiger partial charge in [-0.25, -0.2) is 0 Å². The predicted octanol–water partition coefficient (Wildman–Crippen LogP) is 3.81. The molecule has 1 heterocycles. The van der Waals surface area contributed by atoms with Crippen molar-refractivity contribution in [2.75, 3.05) is 12.9 Å². The van der Waals surface area contributed by atoms with Crippen molar-refractivity contribution in [2.45, 2.75) is 11.4 Å². The Morgan fingerprint density at radius 2 is 2.08 bits per heavy atom. The van der Waals surface area contributed by atoms with Crippen LogP contribution in [0.15, 0.2) is 57.9 Å². The van der Waals surface area contributed by atoms with Gasteiger partial charge in [0, 0.05) is 15.5 Å². The third-order valence-corrected chi connectivity index (χ3v) is 4.68. The number of carbonyl (C=O) groups excluding carboxylic acids is 1. The lowest BCUT2D eigenvalue weighted by Gasteiger charge is -2.03. The van der Waals surface area contributed by atoms with Gasteiger partial charge in [-0.3, -0.25) is 4.79 Å². The van der Waals surface area contributed by atoms with E-state index in [9.17, 15) is 4.79 Å². The summed E-state index contributed by atoms with van der Waals surface area (Å²) in [5, 5.41) is 7.36. The van der Waals surface area contributed by atoms with Crippen LogP contribution in [0.4, 0.5) is 0 Å². The monoisotopic (exact) mass is 389 g/mol. The molecule has 0 spiro atoms. The molecule has 0 radical (unpaired) electrons. The van der Waals surface area contributed by atoms with Gasteiger partial charge in [-0.05, 0) is 36.4 Å². The average Bonchev–Trinajstić information content (AvgIpc) is 3.15. The molecular formula is C18H16ClN3O3S. The third kappa shape index (κ3) is 5.00. The maximum Gasteiger partial charge on any atom is 0.246 e. The standard InChI is InChI=1S/C18H16ClN3O3S/c1-24-14-4-2-3-12(9-14)18-21-17(25-22-18)10-20-16(23)11-26-15-7-5-13(19)6-8-15/h2-9H,10-11H2,1H3,(H,20,23). The Morgan fingerprint density at radius 3 is 2.85 bits per heavy atom. The first-order valence-corrected chi connectivity index (χ1v) is 9.12. The van der Waals surface area contributed by atoms with Crippen LogP contribution in [0, 0.1) is 0 Å². The largest absolute Gasteiger partial charge is 0.497 e. The lowest BCUT2D eigenvalue weighted by Crippen LogP contribution is -2.24. The molecule has 0 aliphatic carbocycles. The van der Waals surface area contributed by atoms with Crippen LogP contribution in [0.5, 0.6) is 5.75 Å². The molecule has 134 valence electrons. The highest BCUT2D eigenvalue weighted by Crippen LogP contribution is 2.22. The van der Waals surface area contributed by atoms with Crippen molar-refractivity contribution < 1.29 is 14.1 Å². The van der Waals surface area contributed by atoms with E-state index in [-0.39, 0.29) is 12.5 Å². The first-order chi connectivity index (χ1) is 12.6. The Morgan fingerprint density at radius 1 is 1.27 bits per heavy atom. The fourth-order valence-corrected chi connectivity index (χ4v) is 2.97. The van der Waals surface area contributed by atoms with Crippen molar-refractivity contribution in [3.8, 4) is 17.1 Å². The Labute approximate surface area is 159 Å². The minimum Gasteiger partial charge on any atom is -0.497 e. The van der Waals surface area contributed by atoms with Crippen molar-refractivity contribution in [1.82, 2.24) is 15.5 Å². The van der Waals surface area contributed by atoms with E-state index >= 15 is 0 Å². The number of hydrogen-bond donors (Lipinski definition) is 1. The van der Waals surface area contributed by atoms with Crippen molar-refractivity contribution in [3.63, 3.8) is 0 Å². The number of ether oxygens (including phenoxy) is 1. The van der Waals surface area contributed by atoms with E-state index in [1.807, 2.05) is 36.4 Å². The van der Waals surface area contributed by atoms with E-state index in [1.165, 1.54) is 11.8 Å². The molecule has 0 unspecified atom stereocenters. The number of hydrogen-bond acceptors (Lipinski definition) is 6. The molecule has 3 rings (SSSR count). The lowest BCUT2D eigenvalue weighted by molar-refractivity contribution is -0.118. The minimum absolute atomic E-state index is 0.119. The number of thioether (sulfide) groups is 1. The summed E-state index contributed by atoms with van der Waals surface area (Å²) in [7, 11) is 1.60. The van der Waals surface area contributed by atoms with Crippen LogP contribution in [0.3, 0.4) is 0 Å². The van der Waals surface area contributed by atoms with E-state index < -0.39 is 0 Å². The average molecular weight is 390 g/mol. The third-order valence-electron chi connectivity index (χ3n) is 3.42. The van der Waals surface area contributed by atoms with Crippen molar-refractivity contribution in [2.24, 2.45) is 0 Å². The molecule has 1 aromatic heterocycles. The van der Waals surface area contributed by atoms with Gasteiger partial charge in [0.25, 0.3) is 0 Å². The number of rotatable bonds is 7. The van der Waals surface area contributed by atoms with Gasteiger partial charge in [-0.2, -0.15) is 4.98 Å². The number of benzene rings is 2. The van der Waals surface area contributed by atoms with Gasteiger partial charge in [0.1, 0.15) is 5.75 Å². The van der Waals surface area contributed by atoms with Crippen LogP contribution in [0.25, 0.3) is 11.4 Å². The number of aromatic nitrogens is 2. The fourth-order valence-electron chi connectivity index (χ4n) is 2.11. The summed E-state index contributed by atoms with van der Waals surface area (Å²) < 4.78 is 10.4. The Hall–Kier alpha value is -2.51. The van der Waals surface area contributed by atoms with Crippen LogP contribution >= 0.6 is 23.4 Å². The zero-order chi connectivity index (χ0) is 18.4. The maximum absolute atomic E-state index is 12.0. The molecule has 0 aliphatic heterocycles. The molecule has 0 saturated carbocycles. The number of amides is 1. The Kier molecular flexibility index (Phi) is 6.14. The maximum atomic E-state index is 12.0. The summed E-state index contributed by atoms with van der Waals surface area (Å²) in [5.41, 5.74) is 0.781. The summed E-state index contributed by atoms with van der Waals surface area (Å²) in [6.07, 6.45) is 0. The molecule has 2 aromatic carbocycles. The van der Waals surface area contributed by atoms with Gasteiger partial charge in [0.15, 0.2) is 0 Å². The van der Waals surface area contributed by atoms with Crippen LogP contribution in [-0.4, -0.2) is 28.9 Å². The molecule has 0 atom stereocenters. The van der Waals surface area contributed by atoms with Crippen LogP contribution in [0.2, 0.25) is 5.02 Å². The molecule has 0 aliphatic rings. The summed E-state index contributed by atoms with van der Waals surface area (Å²) in [6, 6.07) is 14.7. The van der Waals surface area contributed by atoms with Gasteiger partial charge < -0.3 is 14.6 Å². The highest BCUT2D eigenvalue weighted by molar-refractivity contribution is 8.00. The number of nitrogens with one attached hydrogen (secondary N) is 1. The normalized spacial score (nSPS) is 10.5. The Bertz CT molecular complexity index is 883. The smallest absolute Gasteiger partial charge is 0.246 e. The van der Waals surface area contributed by atoms with E-state index in [0.29, 0.717) is 28.2 Å². The topological polar surface area (TPSA) is 77.3 Å². The summed E-state index contributed by atoms with van der Waals surface area (Å²) in [5.74, 6) is 1.67. The second-order valence-corrected chi connectivity index (χ2v) is 6.75. The van der Waals surface area contributed by atoms with Crippen molar-refractivity contribution >= 4 is 29.3 Å². The van der Waals surface area contributed by atoms with Crippen LogP contribution < -0.4 is 10.1 Å². The minimum atomic E-state index is -0.119. The van der Waals surface area contributed by atoms with Gasteiger partial charge in [0.2, 0.25) is 17.6 Å². The van der Waals surface area contributed by atoms with E-state index in [0.717, 1.165) is 10.5 Å². The molecule has 0 fully saturated rings. The molecule has 1 amide bonds. The molecule has 0 bridgehead atoms. The van der Waals surface area contributed by atoms with Crippen molar-refractivity contribution in [3.05, 3.63) is 59.4 Å². The van der Waals surface area contributed by atoms with Gasteiger partial charge in [-0.1, -0.05) is 28.9 Å². The summed E-state index contributed by atoms with van der Waals surface area (Å²) in [6.45, 7) is 0.178. The quantitative estimate of drug-likeness (QED) is 0.619. The molecule has 26 heavy (non-hydrogen) atoms. The Balaban J connectivity index is 1.51. The molecule has 6 nitrogen and oxygen atoms in total. The second-order valence-electron chi connectivity index (χ2n) is 5.26. The SMILES string of the molecule is COc1cccc(-c2noc(CNC(=O)CSc3ccc(Cl)cc3)n2)c1. The van der Waals surface area contributed by atoms with E-state index in [1.54, 1.807) is 19.2 Å². The van der Waals surface area contributed by atoms with Gasteiger partial charge in [-0.15, -0.1) is 11.8 Å². The number of carbonyl (C=O) groups is 1. The highest BCUT2D eigenvalue weighted by atomic mass is 35.5. The molecular weight excluding hydrogens is 374 g/mol. The zero-order valence-electron chi connectivity index (χ0n) is 13.9. The fraction of sp³-hybridized carbons (Fsp3) is 0.167. The van der Waals surface area contributed by atoms with E-state index in [2.05, 4.69) is 15.5 Å². The van der Waals surface area contributed by atoms with E-state index in [4.69, 9.17) is 20.9 Å². The first kappa shape index (κ1) is 18.3.